The molecule has 158 valence electrons. The highest BCUT2D eigenvalue weighted by Crippen LogP contribution is 2.43. The number of hydrogen-bond donors (Lipinski definition) is 0. The average Bonchev–Trinajstić information content (AvgIpc) is 3.38. The van der Waals surface area contributed by atoms with Gasteiger partial charge in [0.05, 0.1) is 42.4 Å². The second-order valence-corrected chi connectivity index (χ2v) is 7.91. The van der Waals surface area contributed by atoms with Gasteiger partial charge in [-0.05, 0) is 36.8 Å². The van der Waals surface area contributed by atoms with Crippen molar-refractivity contribution in [2.45, 2.75) is 12.7 Å². The Morgan fingerprint density at radius 2 is 1.74 bits per heavy atom. The molecule has 0 atom stereocenters. The van der Waals surface area contributed by atoms with Gasteiger partial charge >= 0.3 is 0 Å². The Bertz CT molecular complexity index is 1150. The normalized spacial score (nSPS) is 13.8. The number of nitrogens with zero attached hydrogens (tertiary/aromatic N) is 1. The zero-order valence-electron chi connectivity index (χ0n) is 17.4. The molecule has 0 unspecified atom stereocenters. The van der Waals surface area contributed by atoms with Crippen LogP contribution in [0.1, 0.15) is 16.9 Å². The minimum Gasteiger partial charge on any atom is -0.497 e. The summed E-state index contributed by atoms with van der Waals surface area (Å²) in [4.78, 5) is 28.5. The number of hydrogen-bond acceptors (Lipinski definition) is 6. The van der Waals surface area contributed by atoms with Crippen LogP contribution in [0.3, 0.4) is 0 Å². The number of amides is 2. The zero-order valence-corrected chi connectivity index (χ0v) is 18.2. The molecule has 7 heteroatoms. The number of anilines is 1. The lowest BCUT2D eigenvalue weighted by atomic mass is 10.0. The number of aryl methyl sites for hydroxylation is 1. The third-order valence-electron chi connectivity index (χ3n) is 4.95. The van der Waals surface area contributed by atoms with Gasteiger partial charge in [0.2, 0.25) is 0 Å². The summed E-state index contributed by atoms with van der Waals surface area (Å²) in [5.41, 5.74) is 2.51. The monoisotopic (exact) mass is 435 g/mol. The predicted molar refractivity (Wildman–Crippen MR) is 120 cm³/mol. The topological polar surface area (TPSA) is 69.0 Å². The van der Waals surface area contributed by atoms with Crippen LogP contribution >= 0.6 is 11.8 Å². The molecule has 0 bridgehead atoms. The first-order chi connectivity index (χ1) is 15.0. The van der Waals surface area contributed by atoms with Crippen LogP contribution in [0.15, 0.2) is 70.2 Å². The van der Waals surface area contributed by atoms with Crippen molar-refractivity contribution in [3.05, 3.63) is 82.7 Å². The van der Waals surface area contributed by atoms with Crippen molar-refractivity contribution in [1.82, 2.24) is 0 Å². The maximum Gasteiger partial charge on any atom is 0.272 e. The van der Waals surface area contributed by atoms with E-state index in [0.29, 0.717) is 39.0 Å². The maximum absolute atomic E-state index is 13.5. The quantitative estimate of drug-likeness (QED) is 0.496. The summed E-state index contributed by atoms with van der Waals surface area (Å²) in [6, 6.07) is 16.2. The molecule has 4 rings (SSSR count). The highest BCUT2D eigenvalue weighted by Gasteiger charge is 2.41. The third kappa shape index (κ3) is 3.96. The molecule has 0 N–H and O–H groups in total. The molecule has 0 spiro atoms. The molecular formula is C24H21NO5S. The van der Waals surface area contributed by atoms with Crippen LogP contribution in [0.2, 0.25) is 0 Å². The average molecular weight is 436 g/mol. The highest BCUT2D eigenvalue weighted by atomic mass is 32.2. The van der Waals surface area contributed by atoms with Crippen molar-refractivity contribution in [3.8, 4) is 11.5 Å². The highest BCUT2D eigenvalue weighted by molar-refractivity contribution is 8.03. The first-order valence-electron chi connectivity index (χ1n) is 9.60. The van der Waals surface area contributed by atoms with Gasteiger partial charge in [0.25, 0.3) is 11.8 Å². The van der Waals surface area contributed by atoms with Crippen molar-refractivity contribution in [3.63, 3.8) is 0 Å². The van der Waals surface area contributed by atoms with Gasteiger partial charge in [0.1, 0.15) is 17.3 Å². The molecule has 0 saturated carbocycles. The van der Waals surface area contributed by atoms with Crippen molar-refractivity contribution in [2.24, 2.45) is 0 Å². The van der Waals surface area contributed by atoms with Crippen LogP contribution in [0.5, 0.6) is 11.5 Å². The second kappa shape index (κ2) is 8.73. The fraction of sp³-hybridized carbons (Fsp3) is 0.167. The number of benzene rings is 2. The van der Waals surface area contributed by atoms with Gasteiger partial charge in [-0.3, -0.25) is 9.59 Å². The number of furan rings is 1. The first kappa shape index (κ1) is 20.8. The molecule has 0 fully saturated rings. The van der Waals surface area contributed by atoms with Crippen LogP contribution in [0.25, 0.3) is 5.57 Å². The summed E-state index contributed by atoms with van der Waals surface area (Å²) in [6.45, 7) is 1.97. The Hall–Kier alpha value is -3.45. The SMILES string of the molecule is COc1ccc(N2C(=O)C(SCc3ccco3)=C(c3ccc(C)cc3)C2=O)c(OC)c1. The Kier molecular flexibility index (Phi) is 5.86. The molecule has 2 amide bonds. The van der Waals surface area contributed by atoms with Crippen LogP contribution in [-0.2, 0) is 15.3 Å². The summed E-state index contributed by atoms with van der Waals surface area (Å²) in [5, 5.41) is 0. The van der Waals surface area contributed by atoms with Crippen molar-refractivity contribution < 1.29 is 23.5 Å². The number of thioether (sulfide) groups is 1. The van der Waals surface area contributed by atoms with Gasteiger partial charge in [-0.15, -0.1) is 11.8 Å². The standard InChI is InChI=1S/C24H21NO5S/c1-15-6-8-16(9-7-15)21-22(31-14-18-5-4-12-30-18)24(27)25(23(21)26)19-11-10-17(28-2)13-20(19)29-3/h4-13H,14H2,1-3H3. The Morgan fingerprint density at radius 1 is 0.968 bits per heavy atom. The summed E-state index contributed by atoms with van der Waals surface area (Å²) < 4.78 is 16.1. The Morgan fingerprint density at radius 3 is 2.39 bits per heavy atom. The molecule has 1 aliphatic heterocycles. The second-order valence-electron chi connectivity index (χ2n) is 6.92. The number of rotatable bonds is 7. The van der Waals surface area contributed by atoms with Gasteiger partial charge in [0.15, 0.2) is 0 Å². The van der Waals surface area contributed by atoms with E-state index in [4.69, 9.17) is 13.9 Å². The van der Waals surface area contributed by atoms with E-state index in [1.54, 1.807) is 37.6 Å². The minimum absolute atomic E-state index is 0.372. The maximum atomic E-state index is 13.5. The molecule has 1 aliphatic rings. The summed E-state index contributed by atoms with van der Waals surface area (Å²) in [6.07, 6.45) is 1.58. The van der Waals surface area contributed by atoms with E-state index in [1.165, 1.54) is 18.9 Å². The van der Waals surface area contributed by atoms with Gasteiger partial charge in [0, 0.05) is 6.07 Å². The van der Waals surface area contributed by atoms with Crippen molar-refractivity contribution >= 4 is 34.8 Å². The summed E-state index contributed by atoms with van der Waals surface area (Å²) in [7, 11) is 3.03. The number of methoxy groups -OCH3 is 2. The Balaban J connectivity index is 1.77. The lowest BCUT2D eigenvalue weighted by Gasteiger charge is -2.19. The van der Waals surface area contributed by atoms with Gasteiger partial charge in [-0.2, -0.15) is 0 Å². The molecule has 2 heterocycles. The van der Waals surface area contributed by atoms with E-state index < -0.39 is 0 Å². The van der Waals surface area contributed by atoms with Crippen LogP contribution in [0.4, 0.5) is 5.69 Å². The molecule has 3 aromatic rings. The molecule has 0 radical (unpaired) electrons. The Labute approximate surface area is 184 Å². The third-order valence-corrected chi connectivity index (χ3v) is 6.04. The fourth-order valence-electron chi connectivity index (χ4n) is 3.34. The number of ether oxygens (including phenoxy) is 2. The molecular weight excluding hydrogens is 414 g/mol. The van der Waals surface area contributed by atoms with Gasteiger partial charge < -0.3 is 13.9 Å². The molecule has 0 aliphatic carbocycles. The van der Waals surface area contributed by atoms with E-state index in [9.17, 15) is 9.59 Å². The van der Waals surface area contributed by atoms with E-state index in [0.717, 1.165) is 16.2 Å². The van der Waals surface area contributed by atoms with Crippen LogP contribution < -0.4 is 14.4 Å². The van der Waals surface area contributed by atoms with Crippen molar-refractivity contribution in [2.75, 3.05) is 19.1 Å². The van der Waals surface area contributed by atoms with E-state index in [-0.39, 0.29) is 11.8 Å². The smallest absolute Gasteiger partial charge is 0.272 e. The number of imide groups is 1. The largest absolute Gasteiger partial charge is 0.497 e. The van der Waals surface area contributed by atoms with Crippen molar-refractivity contribution in [1.29, 1.82) is 0 Å². The first-order valence-corrected chi connectivity index (χ1v) is 10.6. The van der Waals surface area contributed by atoms with E-state index >= 15 is 0 Å². The minimum atomic E-state index is -0.390. The van der Waals surface area contributed by atoms with Gasteiger partial charge in [-0.25, -0.2) is 4.90 Å². The number of carbonyl (C=O) groups is 2. The van der Waals surface area contributed by atoms with Crippen LogP contribution in [-0.4, -0.2) is 26.0 Å². The number of carbonyl (C=O) groups excluding carboxylic acids is 2. The van der Waals surface area contributed by atoms with E-state index in [1.807, 2.05) is 37.3 Å². The molecule has 0 saturated heterocycles. The predicted octanol–water partition coefficient (Wildman–Crippen LogP) is 4.82. The lowest BCUT2D eigenvalue weighted by molar-refractivity contribution is -0.119. The molecule has 6 nitrogen and oxygen atoms in total. The van der Waals surface area contributed by atoms with Gasteiger partial charge in [-0.1, -0.05) is 29.8 Å². The molecule has 1 aromatic heterocycles. The lowest BCUT2D eigenvalue weighted by Crippen LogP contribution is -2.31. The zero-order chi connectivity index (χ0) is 22.0. The fourth-order valence-corrected chi connectivity index (χ4v) is 4.36. The summed E-state index contributed by atoms with van der Waals surface area (Å²) in [5.74, 6) is 1.33. The van der Waals surface area contributed by atoms with Crippen LogP contribution in [0, 0.1) is 6.92 Å². The summed E-state index contributed by atoms with van der Waals surface area (Å²) >= 11 is 1.29. The molecule has 31 heavy (non-hydrogen) atoms. The molecule has 2 aromatic carbocycles. The van der Waals surface area contributed by atoms with E-state index in [2.05, 4.69) is 0 Å².